The third-order valence-electron chi connectivity index (χ3n) is 6.40. The number of halogens is 3. The molecule has 1 aromatic carbocycles. The van der Waals surface area contributed by atoms with Crippen LogP contribution in [0.4, 0.5) is 23.7 Å². The summed E-state index contributed by atoms with van der Waals surface area (Å²) in [5.74, 6) is 0. The van der Waals surface area contributed by atoms with E-state index in [-0.39, 0.29) is 11.6 Å². The standard InChI is InChI=1S/C23H36F3N5O2/c1-22(2,31-13-15-33-16-14-31)18-28-21(32)27-7-4-8-29-9-11-30(12-10-29)20-6-3-5-19(17-20)23(24,25)26/h3,5-6,17H,4,7-16,18H2,1-2H3,(H2,27,28,32). The lowest BCUT2D eigenvalue weighted by molar-refractivity contribution is -0.137. The van der Waals surface area contributed by atoms with E-state index in [1.807, 2.05) is 4.90 Å². The number of rotatable bonds is 8. The smallest absolute Gasteiger partial charge is 0.379 e. The Bertz CT molecular complexity index is 761. The van der Waals surface area contributed by atoms with Gasteiger partial charge in [-0.05, 0) is 45.0 Å². The molecule has 186 valence electrons. The lowest BCUT2D eigenvalue weighted by atomic mass is 10.0. The molecular formula is C23H36F3N5O2. The van der Waals surface area contributed by atoms with Crippen LogP contribution in [0.1, 0.15) is 25.8 Å². The Morgan fingerprint density at radius 2 is 1.73 bits per heavy atom. The summed E-state index contributed by atoms with van der Waals surface area (Å²) < 4.78 is 44.2. The molecule has 2 aliphatic heterocycles. The number of alkyl halides is 3. The maximum atomic E-state index is 13.0. The number of anilines is 1. The molecule has 33 heavy (non-hydrogen) atoms. The van der Waals surface area contributed by atoms with Crippen LogP contribution in [0.3, 0.4) is 0 Å². The molecule has 10 heteroatoms. The number of ether oxygens (including phenoxy) is 1. The second-order valence-corrected chi connectivity index (χ2v) is 9.25. The average Bonchev–Trinajstić information content (AvgIpc) is 2.81. The first-order chi connectivity index (χ1) is 15.6. The van der Waals surface area contributed by atoms with Gasteiger partial charge in [0.1, 0.15) is 0 Å². The van der Waals surface area contributed by atoms with E-state index in [2.05, 4.69) is 34.3 Å². The lowest BCUT2D eigenvalue weighted by Gasteiger charge is -2.40. The van der Waals surface area contributed by atoms with E-state index in [0.717, 1.165) is 58.4 Å². The highest BCUT2D eigenvalue weighted by molar-refractivity contribution is 5.73. The third kappa shape index (κ3) is 7.75. The van der Waals surface area contributed by atoms with E-state index in [0.29, 0.717) is 31.9 Å². The zero-order chi connectivity index (χ0) is 23.9. The highest BCUT2D eigenvalue weighted by Crippen LogP contribution is 2.31. The van der Waals surface area contributed by atoms with Crippen molar-refractivity contribution in [1.29, 1.82) is 0 Å². The first-order valence-electron chi connectivity index (χ1n) is 11.6. The van der Waals surface area contributed by atoms with E-state index < -0.39 is 11.7 Å². The van der Waals surface area contributed by atoms with Crippen molar-refractivity contribution in [3.05, 3.63) is 29.8 Å². The molecule has 0 aromatic heterocycles. The molecule has 0 aliphatic carbocycles. The predicted molar refractivity (Wildman–Crippen MR) is 123 cm³/mol. The molecule has 2 saturated heterocycles. The Hall–Kier alpha value is -2.04. The number of piperazine rings is 1. The molecule has 2 N–H and O–H groups in total. The minimum absolute atomic E-state index is 0.125. The number of nitrogens with zero attached hydrogens (tertiary/aromatic N) is 3. The molecule has 0 atom stereocenters. The first kappa shape index (κ1) is 25.6. The number of amides is 2. The summed E-state index contributed by atoms with van der Waals surface area (Å²) in [7, 11) is 0. The van der Waals surface area contributed by atoms with E-state index in [4.69, 9.17) is 4.74 Å². The topological polar surface area (TPSA) is 60.1 Å². The molecular weight excluding hydrogens is 435 g/mol. The van der Waals surface area contributed by atoms with Crippen molar-refractivity contribution >= 4 is 11.7 Å². The second-order valence-electron chi connectivity index (χ2n) is 9.25. The second kappa shape index (κ2) is 11.4. The molecule has 0 unspecified atom stereocenters. The molecule has 3 rings (SSSR count). The summed E-state index contributed by atoms with van der Waals surface area (Å²) in [4.78, 5) is 18.8. The van der Waals surface area contributed by atoms with Crippen LogP contribution in [-0.2, 0) is 10.9 Å². The summed E-state index contributed by atoms with van der Waals surface area (Å²) in [5, 5.41) is 5.88. The summed E-state index contributed by atoms with van der Waals surface area (Å²) in [6, 6.07) is 5.35. The van der Waals surface area contributed by atoms with E-state index in [9.17, 15) is 18.0 Å². The fourth-order valence-electron chi connectivity index (χ4n) is 4.25. The van der Waals surface area contributed by atoms with E-state index in [1.165, 1.54) is 12.1 Å². The predicted octanol–water partition coefficient (Wildman–Crippen LogP) is 2.63. The van der Waals surface area contributed by atoms with Gasteiger partial charge in [0.15, 0.2) is 0 Å². The van der Waals surface area contributed by atoms with Gasteiger partial charge >= 0.3 is 12.2 Å². The van der Waals surface area contributed by atoms with Crippen LogP contribution in [-0.4, -0.2) is 93.5 Å². The lowest BCUT2D eigenvalue weighted by Crippen LogP contribution is -2.56. The zero-order valence-electron chi connectivity index (χ0n) is 19.6. The van der Waals surface area contributed by atoms with Crippen LogP contribution in [0.15, 0.2) is 24.3 Å². The number of urea groups is 1. The number of benzene rings is 1. The first-order valence-corrected chi connectivity index (χ1v) is 11.6. The monoisotopic (exact) mass is 471 g/mol. The summed E-state index contributed by atoms with van der Waals surface area (Å²) in [6.45, 7) is 12.4. The average molecular weight is 472 g/mol. The van der Waals surface area contributed by atoms with Crippen molar-refractivity contribution in [3.63, 3.8) is 0 Å². The number of morpholine rings is 1. The van der Waals surface area contributed by atoms with Crippen molar-refractivity contribution < 1.29 is 22.7 Å². The SMILES string of the molecule is CC(C)(CNC(=O)NCCCN1CCN(c2cccc(C(F)(F)F)c2)CC1)N1CCOCC1. The van der Waals surface area contributed by atoms with Crippen molar-refractivity contribution in [2.75, 3.05) is 77.0 Å². The van der Waals surface area contributed by atoms with Gasteiger partial charge in [-0.1, -0.05) is 6.07 Å². The normalized spacial score (nSPS) is 18.9. The zero-order valence-corrected chi connectivity index (χ0v) is 19.6. The van der Waals surface area contributed by atoms with Gasteiger partial charge in [-0.15, -0.1) is 0 Å². The number of carbonyl (C=O) groups excluding carboxylic acids is 1. The Morgan fingerprint density at radius 1 is 1.03 bits per heavy atom. The summed E-state index contributed by atoms with van der Waals surface area (Å²) in [5.41, 5.74) is -0.122. The number of hydrogen-bond acceptors (Lipinski definition) is 5. The molecule has 7 nitrogen and oxygen atoms in total. The Balaban J connectivity index is 1.30. The molecule has 2 amide bonds. The van der Waals surface area contributed by atoms with Gasteiger partial charge in [-0.2, -0.15) is 13.2 Å². The third-order valence-corrected chi connectivity index (χ3v) is 6.40. The molecule has 2 heterocycles. The maximum Gasteiger partial charge on any atom is 0.416 e. The van der Waals surface area contributed by atoms with Crippen LogP contribution in [0.25, 0.3) is 0 Å². The van der Waals surface area contributed by atoms with Crippen LogP contribution in [0, 0.1) is 0 Å². The van der Waals surface area contributed by atoms with E-state index in [1.54, 1.807) is 6.07 Å². The van der Waals surface area contributed by atoms with Gasteiger partial charge in [0.05, 0.1) is 18.8 Å². The number of hydrogen-bond donors (Lipinski definition) is 2. The van der Waals surface area contributed by atoms with Gasteiger partial charge in [-0.3, -0.25) is 9.80 Å². The van der Waals surface area contributed by atoms with Crippen LogP contribution in [0.2, 0.25) is 0 Å². The number of nitrogens with one attached hydrogen (secondary N) is 2. The highest BCUT2D eigenvalue weighted by atomic mass is 19.4. The summed E-state index contributed by atoms with van der Waals surface area (Å²) in [6.07, 6.45) is -3.50. The minimum atomic E-state index is -4.32. The Labute approximate surface area is 194 Å². The molecule has 0 spiro atoms. The highest BCUT2D eigenvalue weighted by Gasteiger charge is 2.31. The minimum Gasteiger partial charge on any atom is -0.379 e. The fourth-order valence-corrected chi connectivity index (χ4v) is 4.25. The molecule has 2 fully saturated rings. The summed E-state index contributed by atoms with van der Waals surface area (Å²) >= 11 is 0. The van der Waals surface area contributed by atoms with E-state index >= 15 is 0 Å². The van der Waals surface area contributed by atoms with Gasteiger partial charge in [-0.25, -0.2) is 4.79 Å². The quantitative estimate of drug-likeness (QED) is 0.571. The molecule has 0 radical (unpaired) electrons. The van der Waals surface area contributed by atoms with Crippen molar-refractivity contribution in [1.82, 2.24) is 20.4 Å². The fraction of sp³-hybridized carbons (Fsp3) is 0.696. The Morgan fingerprint density at radius 3 is 2.39 bits per heavy atom. The van der Waals surface area contributed by atoms with Crippen LogP contribution < -0.4 is 15.5 Å². The molecule has 0 saturated carbocycles. The van der Waals surface area contributed by atoms with Crippen LogP contribution >= 0.6 is 0 Å². The van der Waals surface area contributed by atoms with Gasteiger partial charge in [0.2, 0.25) is 0 Å². The van der Waals surface area contributed by atoms with Crippen LogP contribution in [0.5, 0.6) is 0 Å². The van der Waals surface area contributed by atoms with Crippen molar-refractivity contribution in [2.24, 2.45) is 0 Å². The molecule has 1 aromatic rings. The number of carbonyl (C=O) groups is 1. The van der Waals surface area contributed by atoms with Gasteiger partial charge in [0, 0.05) is 63.6 Å². The molecule has 0 bridgehead atoms. The molecule has 2 aliphatic rings. The van der Waals surface area contributed by atoms with Gasteiger partial charge in [0.25, 0.3) is 0 Å². The maximum absolute atomic E-state index is 13.0. The van der Waals surface area contributed by atoms with Gasteiger partial charge < -0.3 is 20.3 Å². The van der Waals surface area contributed by atoms with Crippen molar-refractivity contribution in [2.45, 2.75) is 32.0 Å². The van der Waals surface area contributed by atoms with Crippen molar-refractivity contribution in [3.8, 4) is 0 Å². The largest absolute Gasteiger partial charge is 0.416 e. The Kier molecular flexibility index (Phi) is 8.83.